The van der Waals surface area contributed by atoms with Gasteiger partial charge in [-0.2, -0.15) is 0 Å². The van der Waals surface area contributed by atoms with Crippen molar-refractivity contribution in [2.24, 2.45) is 0 Å². The number of carboxylic acids is 1. The van der Waals surface area contributed by atoms with Gasteiger partial charge < -0.3 is 19.5 Å². The van der Waals surface area contributed by atoms with Crippen molar-refractivity contribution in [3.05, 3.63) is 59.2 Å². The maximum Gasteiger partial charge on any atom is 0.335 e. The van der Waals surface area contributed by atoms with E-state index < -0.39 is 11.8 Å². The molecule has 2 aromatic rings. The number of aromatic carboxylic acids is 1. The van der Waals surface area contributed by atoms with Gasteiger partial charge in [-0.25, -0.2) is 4.79 Å². The van der Waals surface area contributed by atoms with Crippen molar-refractivity contribution in [3.63, 3.8) is 0 Å². The maximum absolute atomic E-state index is 12.9. The van der Waals surface area contributed by atoms with E-state index in [-0.39, 0.29) is 11.5 Å². The first-order valence-corrected chi connectivity index (χ1v) is 10.5. The lowest BCUT2D eigenvalue weighted by atomic mass is 10.1. The van der Waals surface area contributed by atoms with Crippen molar-refractivity contribution in [3.8, 4) is 0 Å². The van der Waals surface area contributed by atoms with Gasteiger partial charge in [0.25, 0.3) is 11.7 Å². The number of thioether (sulfide) groups is 1. The van der Waals surface area contributed by atoms with Gasteiger partial charge in [0.15, 0.2) is 0 Å². The minimum Gasteiger partial charge on any atom is -0.478 e. The Labute approximate surface area is 174 Å². The smallest absolute Gasteiger partial charge is 0.335 e. The first kappa shape index (κ1) is 21.4. The summed E-state index contributed by atoms with van der Waals surface area (Å²) < 4.78 is 11.1. The molecular formula is C22H25NO5S. The Morgan fingerprint density at radius 3 is 2.41 bits per heavy atom. The van der Waals surface area contributed by atoms with Crippen LogP contribution in [0, 0.1) is 0 Å². The van der Waals surface area contributed by atoms with Crippen LogP contribution in [0.25, 0.3) is 0 Å². The normalized spacial score (nSPS) is 14.9. The van der Waals surface area contributed by atoms with Crippen molar-refractivity contribution >= 4 is 29.3 Å². The lowest BCUT2D eigenvalue weighted by Gasteiger charge is -2.25. The van der Waals surface area contributed by atoms with Gasteiger partial charge in [-0.1, -0.05) is 19.1 Å². The SMILES string of the molecule is CCCN1C(=O)C(OC)(OC)c2cc(SCCc3ccc(C(=O)O)cc3)ccc21. The van der Waals surface area contributed by atoms with Crippen LogP contribution in [0.2, 0.25) is 0 Å². The third kappa shape index (κ3) is 4.03. The Bertz CT molecular complexity index is 893. The fourth-order valence-electron chi connectivity index (χ4n) is 3.53. The van der Waals surface area contributed by atoms with Crippen LogP contribution < -0.4 is 4.90 Å². The maximum atomic E-state index is 12.9. The zero-order valence-corrected chi connectivity index (χ0v) is 17.6. The highest BCUT2D eigenvalue weighted by Gasteiger charge is 2.52. The quantitative estimate of drug-likeness (QED) is 0.494. The summed E-state index contributed by atoms with van der Waals surface area (Å²) in [5.41, 5.74) is 2.93. The number of ether oxygens (including phenoxy) is 2. The second-order valence-corrected chi connectivity index (χ2v) is 7.93. The predicted octanol–water partition coefficient (Wildman–Crippen LogP) is 3.92. The average molecular weight is 416 g/mol. The Balaban J connectivity index is 1.75. The summed E-state index contributed by atoms with van der Waals surface area (Å²) in [6.07, 6.45) is 1.65. The zero-order valence-electron chi connectivity index (χ0n) is 16.8. The molecule has 0 saturated heterocycles. The summed E-state index contributed by atoms with van der Waals surface area (Å²) in [7, 11) is 2.97. The van der Waals surface area contributed by atoms with Gasteiger partial charge in [-0.15, -0.1) is 11.8 Å². The number of nitrogens with zero attached hydrogens (tertiary/aromatic N) is 1. The number of aryl methyl sites for hydroxylation is 1. The summed E-state index contributed by atoms with van der Waals surface area (Å²) >= 11 is 1.67. The predicted molar refractivity (Wildman–Crippen MR) is 113 cm³/mol. The number of hydrogen-bond donors (Lipinski definition) is 1. The van der Waals surface area contributed by atoms with Gasteiger partial charge in [-0.05, 0) is 48.7 Å². The summed E-state index contributed by atoms with van der Waals surface area (Å²) in [5, 5.41) is 8.98. The molecular weight excluding hydrogens is 390 g/mol. The van der Waals surface area contributed by atoms with Gasteiger partial charge in [0, 0.05) is 37.0 Å². The number of anilines is 1. The Kier molecular flexibility index (Phi) is 6.62. The fraction of sp³-hybridized carbons (Fsp3) is 0.364. The van der Waals surface area contributed by atoms with Crippen molar-refractivity contribution in [1.29, 1.82) is 0 Å². The molecule has 0 aromatic heterocycles. The van der Waals surface area contributed by atoms with Gasteiger partial charge in [-0.3, -0.25) is 4.79 Å². The van der Waals surface area contributed by atoms with Crippen LogP contribution in [-0.2, 0) is 26.5 Å². The molecule has 3 rings (SSSR count). The number of fused-ring (bicyclic) bond motifs is 1. The summed E-state index contributed by atoms with van der Waals surface area (Å²) in [4.78, 5) is 26.6. The molecule has 1 N–H and O–H groups in total. The molecule has 154 valence electrons. The summed E-state index contributed by atoms with van der Waals surface area (Å²) in [5.74, 6) is -1.69. The first-order valence-electron chi connectivity index (χ1n) is 9.48. The van der Waals surface area contributed by atoms with E-state index in [1.165, 1.54) is 14.2 Å². The van der Waals surface area contributed by atoms with Crippen LogP contribution in [0.1, 0.15) is 34.8 Å². The largest absolute Gasteiger partial charge is 0.478 e. The molecule has 7 heteroatoms. The molecule has 29 heavy (non-hydrogen) atoms. The molecule has 0 radical (unpaired) electrons. The molecule has 0 bridgehead atoms. The van der Waals surface area contributed by atoms with E-state index in [9.17, 15) is 9.59 Å². The number of rotatable bonds is 9. The van der Waals surface area contributed by atoms with E-state index >= 15 is 0 Å². The number of carbonyl (C=O) groups is 2. The molecule has 1 amide bonds. The molecule has 1 aliphatic heterocycles. The molecule has 2 aromatic carbocycles. The van der Waals surface area contributed by atoms with Crippen LogP contribution >= 0.6 is 11.8 Å². The monoisotopic (exact) mass is 415 g/mol. The van der Waals surface area contributed by atoms with Crippen molar-refractivity contribution in [2.75, 3.05) is 31.4 Å². The Hall–Kier alpha value is -2.35. The average Bonchev–Trinajstić information content (AvgIpc) is 2.96. The molecule has 0 unspecified atom stereocenters. The third-order valence-corrected chi connectivity index (χ3v) is 6.02. The number of methoxy groups -OCH3 is 2. The van der Waals surface area contributed by atoms with Crippen LogP contribution in [0.15, 0.2) is 47.4 Å². The van der Waals surface area contributed by atoms with Gasteiger partial charge >= 0.3 is 5.97 Å². The van der Waals surface area contributed by atoms with Crippen molar-refractivity contribution < 1.29 is 24.2 Å². The van der Waals surface area contributed by atoms with Crippen molar-refractivity contribution in [2.45, 2.75) is 30.4 Å². The molecule has 0 aliphatic carbocycles. The van der Waals surface area contributed by atoms with Crippen LogP contribution in [0.4, 0.5) is 5.69 Å². The highest BCUT2D eigenvalue weighted by Crippen LogP contribution is 2.44. The summed E-state index contributed by atoms with van der Waals surface area (Å²) in [6.45, 7) is 2.64. The molecule has 0 saturated carbocycles. The Morgan fingerprint density at radius 2 is 1.83 bits per heavy atom. The number of amides is 1. The second kappa shape index (κ2) is 8.98. The number of benzene rings is 2. The molecule has 1 heterocycles. The van der Waals surface area contributed by atoms with E-state index in [1.807, 2.05) is 37.3 Å². The fourth-order valence-corrected chi connectivity index (χ4v) is 4.47. The molecule has 0 spiro atoms. The van der Waals surface area contributed by atoms with Crippen LogP contribution in [-0.4, -0.2) is 43.5 Å². The standard InChI is InChI=1S/C22H25NO5S/c1-4-12-23-19-10-9-17(14-18(19)22(27-2,28-3)21(23)26)29-13-11-15-5-7-16(8-6-15)20(24)25/h5-10,14H,4,11-13H2,1-3H3,(H,24,25). The van der Waals surface area contributed by atoms with Gasteiger partial charge in [0.1, 0.15) is 0 Å². The highest BCUT2D eigenvalue weighted by atomic mass is 32.2. The van der Waals surface area contributed by atoms with Crippen molar-refractivity contribution in [1.82, 2.24) is 0 Å². The first-order chi connectivity index (χ1) is 14.0. The molecule has 0 atom stereocenters. The van der Waals surface area contributed by atoms with Crippen LogP contribution in [0.5, 0.6) is 0 Å². The molecule has 1 aliphatic rings. The zero-order chi connectivity index (χ0) is 21.0. The van der Waals surface area contributed by atoms with E-state index in [1.54, 1.807) is 28.8 Å². The number of hydrogen-bond acceptors (Lipinski definition) is 5. The van der Waals surface area contributed by atoms with Gasteiger partial charge in [0.2, 0.25) is 0 Å². The third-order valence-electron chi connectivity index (χ3n) is 5.02. The summed E-state index contributed by atoms with van der Waals surface area (Å²) in [6, 6.07) is 12.9. The molecule has 6 nitrogen and oxygen atoms in total. The van der Waals surface area contributed by atoms with E-state index in [2.05, 4.69) is 0 Å². The lowest BCUT2D eigenvalue weighted by molar-refractivity contribution is -0.209. The Morgan fingerprint density at radius 1 is 1.14 bits per heavy atom. The second-order valence-electron chi connectivity index (χ2n) is 6.76. The minimum absolute atomic E-state index is 0.194. The number of carbonyl (C=O) groups excluding carboxylic acids is 1. The number of carboxylic acid groups (broad SMARTS) is 1. The van der Waals surface area contributed by atoms with E-state index in [0.717, 1.165) is 40.3 Å². The minimum atomic E-state index is -1.40. The van der Waals surface area contributed by atoms with E-state index in [0.29, 0.717) is 6.54 Å². The lowest BCUT2D eigenvalue weighted by Crippen LogP contribution is -2.43. The topological polar surface area (TPSA) is 76.1 Å². The highest BCUT2D eigenvalue weighted by molar-refractivity contribution is 7.99. The van der Waals surface area contributed by atoms with Crippen LogP contribution in [0.3, 0.4) is 0 Å². The van der Waals surface area contributed by atoms with Gasteiger partial charge in [0.05, 0.1) is 11.3 Å². The molecule has 0 fully saturated rings. The van der Waals surface area contributed by atoms with E-state index in [4.69, 9.17) is 14.6 Å².